The first-order chi connectivity index (χ1) is 17.0. The normalized spacial score (nSPS) is 11.4. The number of nitrogens with one attached hydrogen (secondary N) is 3. The van der Waals surface area contributed by atoms with Crippen LogP contribution in [0.4, 0.5) is 20.0 Å². The van der Waals surface area contributed by atoms with E-state index in [0.717, 1.165) is 16.9 Å². The third-order valence-corrected chi connectivity index (χ3v) is 5.91. The molecule has 1 unspecified atom stereocenters. The Kier molecular flexibility index (Phi) is 7.63. The van der Waals surface area contributed by atoms with E-state index < -0.39 is 23.8 Å². The van der Waals surface area contributed by atoms with Crippen LogP contribution in [0.5, 0.6) is 5.75 Å². The zero-order valence-corrected chi connectivity index (χ0v) is 19.5. The number of carbonyl (C=O) groups is 2. The molecular formula is C25H22FN5O3S. The summed E-state index contributed by atoms with van der Waals surface area (Å²) in [7, 11) is 1.59. The van der Waals surface area contributed by atoms with Crippen LogP contribution >= 0.6 is 11.3 Å². The molecule has 3 N–H and O–H groups in total. The second-order valence-corrected chi connectivity index (χ2v) is 8.43. The summed E-state index contributed by atoms with van der Waals surface area (Å²) in [6, 6.07) is 20.7. The number of aromatic nitrogens is 2. The zero-order chi connectivity index (χ0) is 24.6. The molecule has 0 bridgehead atoms. The minimum absolute atomic E-state index is 0.0112. The van der Waals surface area contributed by atoms with Crippen LogP contribution in [0.15, 0.2) is 78.9 Å². The molecule has 178 valence electrons. The van der Waals surface area contributed by atoms with Gasteiger partial charge in [-0.3, -0.25) is 10.1 Å². The summed E-state index contributed by atoms with van der Waals surface area (Å²) < 4.78 is 19.1. The van der Waals surface area contributed by atoms with Crippen molar-refractivity contribution in [2.24, 2.45) is 0 Å². The molecule has 0 aliphatic heterocycles. The van der Waals surface area contributed by atoms with Crippen LogP contribution in [0.3, 0.4) is 0 Å². The number of halogens is 1. The zero-order valence-electron chi connectivity index (χ0n) is 18.7. The first kappa shape index (κ1) is 23.8. The second kappa shape index (κ2) is 11.2. The number of rotatable bonds is 8. The quantitative estimate of drug-likeness (QED) is 0.331. The molecule has 0 radical (unpaired) electrons. The van der Waals surface area contributed by atoms with Crippen molar-refractivity contribution in [3.8, 4) is 16.3 Å². The Morgan fingerprint density at radius 3 is 2.37 bits per heavy atom. The van der Waals surface area contributed by atoms with Gasteiger partial charge in [0.15, 0.2) is 0 Å². The van der Waals surface area contributed by atoms with Gasteiger partial charge in [-0.05, 0) is 42.0 Å². The van der Waals surface area contributed by atoms with E-state index in [1.807, 2.05) is 54.6 Å². The molecule has 4 rings (SSSR count). The lowest BCUT2D eigenvalue weighted by Gasteiger charge is -2.18. The molecule has 0 saturated heterocycles. The summed E-state index contributed by atoms with van der Waals surface area (Å²) in [6.07, 6.45) is 0.224. The summed E-state index contributed by atoms with van der Waals surface area (Å²) >= 11 is 1.20. The Bertz CT molecular complexity index is 1300. The van der Waals surface area contributed by atoms with E-state index in [9.17, 15) is 14.0 Å². The lowest BCUT2D eigenvalue weighted by atomic mass is 10.1. The van der Waals surface area contributed by atoms with Crippen LogP contribution in [0.25, 0.3) is 10.6 Å². The highest BCUT2D eigenvalue weighted by Gasteiger charge is 2.23. The molecule has 0 saturated carbocycles. The van der Waals surface area contributed by atoms with Gasteiger partial charge in [0.2, 0.25) is 11.0 Å². The lowest BCUT2D eigenvalue weighted by Crippen LogP contribution is -2.47. The molecule has 0 fully saturated rings. The Morgan fingerprint density at radius 1 is 0.943 bits per heavy atom. The van der Waals surface area contributed by atoms with Gasteiger partial charge in [0, 0.05) is 12.0 Å². The minimum Gasteiger partial charge on any atom is -0.497 e. The van der Waals surface area contributed by atoms with E-state index in [1.165, 1.54) is 29.5 Å². The van der Waals surface area contributed by atoms with Gasteiger partial charge in [-0.25, -0.2) is 9.18 Å². The molecule has 3 aromatic carbocycles. The van der Waals surface area contributed by atoms with E-state index in [-0.39, 0.29) is 17.2 Å². The van der Waals surface area contributed by atoms with Crippen molar-refractivity contribution in [2.75, 3.05) is 17.7 Å². The maximum absolute atomic E-state index is 13.9. The Labute approximate surface area is 205 Å². The Hall–Kier alpha value is -4.31. The van der Waals surface area contributed by atoms with Crippen molar-refractivity contribution < 1.29 is 18.7 Å². The number of hydrogen-bond acceptors (Lipinski definition) is 6. The Balaban J connectivity index is 1.47. The molecule has 10 heteroatoms. The highest BCUT2D eigenvalue weighted by atomic mass is 32.1. The van der Waals surface area contributed by atoms with Gasteiger partial charge in [0.1, 0.15) is 22.6 Å². The summed E-state index contributed by atoms with van der Waals surface area (Å²) in [4.78, 5) is 25.7. The molecule has 35 heavy (non-hydrogen) atoms. The maximum Gasteiger partial charge on any atom is 0.319 e. The lowest BCUT2D eigenvalue weighted by molar-refractivity contribution is -0.117. The molecule has 1 atom stereocenters. The van der Waals surface area contributed by atoms with Crippen LogP contribution in [-0.4, -0.2) is 35.3 Å². The van der Waals surface area contributed by atoms with Crippen LogP contribution in [0.2, 0.25) is 0 Å². The summed E-state index contributed by atoms with van der Waals surface area (Å²) in [5.74, 6) is -0.336. The van der Waals surface area contributed by atoms with Gasteiger partial charge in [-0.2, -0.15) is 0 Å². The number of carbonyl (C=O) groups excluding carboxylic acids is 2. The SMILES string of the molecule is COc1ccc(-c2nnc(NC(=O)C(Cc3ccccc3)NC(=O)Nc3ccccc3F)s2)cc1. The predicted octanol–water partition coefficient (Wildman–Crippen LogP) is 4.72. The van der Waals surface area contributed by atoms with Gasteiger partial charge >= 0.3 is 6.03 Å². The van der Waals surface area contributed by atoms with Crippen molar-refractivity contribution in [1.82, 2.24) is 15.5 Å². The molecule has 0 aliphatic carbocycles. The van der Waals surface area contributed by atoms with Crippen molar-refractivity contribution in [3.05, 3.63) is 90.2 Å². The van der Waals surface area contributed by atoms with Crippen molar-refractivity contribution in [2.45, 2.75) is 12.5 Å². The summed E-state index contributed by atoms with van der Waals surface area (Å²) in [5.41, 5.74) is 1.68. The first-order valence-corrected chi connectivity index (χ1v) is 11.5. The predicted molar refractivity (Wildman–Crippen MR) is 133 cm³/mol. The number of nitrogens with zero attached hydrogens (tertiary/aromatic N) is 2. The first-order valence-electron chi connectivity index (χ1n) is 10.7. The van der Waals surface area contributed by atoms with Crippen molar-refractivity contribution >= 4 is 34.1 Å². The fourth-order valence-electron chi connectivity index (χ4n) is 3.25. The van der Waals surface area contributed by atoms with Crippen LogP contribution in [0, 0.1) is 5.82 Å². The number of methoxy groups -OCH3 is 1. The number of benzene rings is 3. The summed E-state index contributed by atoms with van der Waals surface area (Å²) in [5, 5.41) is 16.9. The number of urea groups is 1. The fourth-order valence-corrected chi connectivity index (χ4v) is 4.01. The van der Waals surface area contributed by atoms with Gasteiger partial charge in [0.25, 0.3) is 0 Å². The number of amides is 3. The number of ether oxygens (including phenoxy) is 1. The molecule has 1 heterocycles. The van der Waals surface area contributed by atoms with E-state index >= 15 is 0 Å². The van der Waals surface area contributed by atoms with Crippen LogP contribution < -0.4 is 20.7 Å². The van der Waals surface area contributed by atoms with Crippen molar-refractivity contribution in [1.29, 1.82) is 0 Å². The maximum atomic E-state index is 13.9. The third-order valence-electron chi connectivity index (χ3n) is 5.02. The van der Waals surface area contributed by atoms with Gasteiger partial charge in [-0.15, -0.1) is 10.2 Å². The Morgan fingerprint density at radius 2 is 1.66 bits per heavy atom. The molecule has 3 amide bonds. The van der Waals surface area contributed by atoms with Gasteiger partial charge in [-0.1, -0.05) is 53.8 Å². The van der Waals surface area contributed by atoms with E-state index in [0.29, 0.717) is 5.01 Å². The molecule has 8 nitrogen and oxygen atoms in total. The largest absolute Gasteiger partial charge is 0.497 e. The monoisotopic (exact) mass is 491 g/mol. The average Bonchev–Trinajstić information content (AvgIpc) is 3.34. The second-order valence-electron chi connectivity index (χ2n) is 7.45. The van der Waals surface area contributed by atoms with E-state index in [4.69, 9.17) is 4.74 Å². The highest BCUT2D eigenvalue weighted by Crippen LogP contribution is 2.28. The number of hydrogen-bond donors (Lipinski definition) is 3. The number of anilines is 2. The number of para-hydroxylation sites is 1. The minimum atomic E-state index is -0.947. The third kappa shape index (κ3) is 6.39. The summed E-state index contributed by atoms with van der Waals surface area (Å²) in [6.45, 7) is 0. The topological polar surface area (TPSA) is 105 Å². The highest BCUT2D eigenvalue weighted by molar-refractivity contribution is 7.18. The molecule has 0 aliphatic rings. The smallest absolute Gasteiger partial charge is 0.319 e. The molecule has 1 aromatic heterocycles. The van der Waals surface area contributed by atoms with E-state index in [1.54, 1.807) is 13.2 Å². The van der Waals surface area contributed by atoms with Crippen molar-refractivity contribution in [3.63, 3.8) is 0 Å². The average molecular weight is 492 g/mol. The molecule has 0 spiro atoms. The van der Waals surface area contributed by atoms with Crippen LogP contribution in [0.1, 0.15) is 5.56 Å². The fraction of sp³-hybridized carbons (Fsp3) is 0.120. The van der Waals surface area contributed by atoms with Crippen LogP contribution in [-0.2, 0) is 11.2 Å². The van der Waals surface area contributed by atoms with E-state index in [2.05, 4.69) is 26.1 Å². The standard InChI is InChI=1S/C25H22FN5O3S/c1-34-18-13-11-17(12-14-18)23-30-31-25(35-23)29-22(32)21(15-16-7-3-2-4-8-16)28-24(33)27-20-10-6-5-9-19(20)26/h2-14,21H,15H2,1H3,(H2,27,28,33)(H,29,31,32). The van der Waals surface area contributed by atoms with Gasteiger partial charge in [0.05, 0.1) is 12.8 Å². The molecule has 4 aromatic rings. The molecular weight excluding hydrogens is 469 g/mol. The van der Waals surface area contributed by atoms with Gasteiger partial charge < -0.3 is 15.4 Å².